The van der Waals surface area contributed by atoms with E-state index in [0.717, 1.165) is 31.5 Å². The first-order valence-corrected chi connectivity index (χ1v) is 9.00. The fraction of sp³-hybridized carbons (Fsp3) is 0.722. The molecule has 0 saturated heterocycles. The summed E-state index contributed by atoms with van der Waals surface area (Å²) in [5.74, 6) is 0.691. The molecule has 1 aromatic heterocycles. The highest BCUT2D eigenvalue weighted by Crippen LogP contribution is 2.13. The van der Waals surface area contributed by atoms with Crippen LogP contribution in [-0.4, -0.2) is 59.8 Å². The topological polar surface area (TPSA) is 74.6 Å². The van der Waals surface area contributed by atoms with E-state index in [4.69, 9.17) is 0 Å². The smallest absolute Gasteiger partial charge is 0.243 e. The lowest BCUT2D eigenvalue weighted by molar-refractivity contribution is -0.127. The van der Waals surface area contributed by atoms with Gasteiger partial charge in [-0.25, -0.2) is 4.99 Å². The van der Waals surface area contributed by atoms with Crippen LogP contribution in [0.4, 0.5) is 0 Å². The highest BCUT2D eigenvalue weighted by Gasteiger charge is 2.10. The second kappa shape index (κ2) is 12.1. The molecule has 1 atom stereocenters. The van der Waals surface area contributed by atoms with Crippen molar-refractivity contribution in [2.75, 3.05) is 27.2 Å². The second-order valence-corrected chi connectivity index (χ2v) is 6.71. The first-order chi connectivity index (χ1) is 11.8. The number of rotatable bonds is 8. The van der Waals surface area contributed by atoms with Gasteiger partial charge in [-0.1, -0.05) is 6.92 Å². The van der Waals surface area contributed by atoms with Gasteiger partial charge in [0.25, 0.3) is 0 Å². The predicted octanol–water partition coefficient (Wildman–Crippen LogP) is 2.01. The van der Waals surface area contributed by atoms with E-state index >= 15 is 0 Å². The highest BCUT2D eigenvalue weighted by molar-refractivity contribution is 14.0. The molecule has 7 nitrogen and oxygen atoms in total. The molecule has 150 valence electrons. The molecular weight excluding hydrogens is 443 g/mol. The Morgan fingerprint density at radius 2 is 2.00 bits per heavy atom. The molecule has 0 aliphatic heterocycles. The van der Waals surface area contributed by atoms with E-state index in [1.54, 1.807) is 19.0 Å². The van der Waals surface area contributed by atoms with E-state index < -0.39 is 0 Å². The standard InChI is InChI=1S/C18H34N6O.HI/c1-8-13(2)21-18(20-12-17(25)23(5)6)19-11-9-10-16-14(3)22-24(7)15(16)4;/h13H,8-12H2,1-7H3,(H2,19,20,21);1H. The predicted molar refractivity (Wildman–Crippen MR) is 118 cm³/mol. The molecule has 2 N–H and O–H groups in total. The largest absolute Gasteiger partial charge is 0.356 e. The summed E-state index contributed by atoms with van der Waals surface area (Å²) in [4.78, 5) is 17.7. The van der Waals surface area contributed by atoms with Gasteiger partial charge in [0.1, 0.15) is 6.54 Å². The molecule has 0 saturated carbocycles. The van der Waals surface area contributed by atoms with Gasteiger partial charge in [-0.15, -0.1) is 24.0 Å². The van der Waals surface area contributed by atoms with E-state index in [9.17, 15) is 4.79 Å². The molecule has 8 heteroatoms. The number of hydrogen-bond acceptors (Lipinski definition) is 3. The minimum atomic E-state index is -0.00754. The lowest BCUT2D eigenvalue weighted by Crippen LogP contribution is -2.43. The Hall–Kier alpha value is -1.32. The Morgan fingerprint density at radius 1 is 1.35 bits per heavy atom. The molecule has 0 bridgehead atoms. The van der Waals surface area contributed by atoms with Crippen LogP contribution < -0.4 is 10.6 Å². The Morgan fingerprint density at radius 3 is 2.50 bits per heavy atom. The molecule has 0 aromatic carbocycles. The van der Waals surface area contributed by atoms with E-state index in [1.165, 1.54) is 11.3 Å². The molecule has 0 fully saturated rings. The van der Waals surface area contributed by atoms with Crippen molar-refractivity contribution in [2.24, 2.45) is 12.0 Å². The molecule has 1 amide bonds. The number of carbonyl (C=O) groups excluding carboxylic acids is 1. The number of halogens is 1. The quantitative estimate of drug-likeness (QED) is 0.260. The zero-order chi connectivity index (χ0) is 19.0. The summed E-state index contributed by atoms with van der Waals surface area (Å²) in [5.41, 5.74) is 3.64. The molecule has 0 radical (unpaired) electrons. The Kier molecular flexibility index (Phi) is 11.5. The summed E-state index contributed by atoms with van der Waals surface area (Å²) in [5, 5.41) is 11.1. The molecule has 0 aliphatic carbocycles. The summed E-state index contributed by atoms with van der Waals surface area (Å²) < 4.78 is 1.93. The summed E-state index contributed by atoms with van der Waals surface area (Å²) in [6.45, 7) is 9.33. The number of nitrogens with zero attached hydrogens (tertiary/aromatic N) is 4. The van der Waals surface area contributed by atoms with Crippen molar-refractivity contribution in [1.82, 2.24) is 25.3 Å². The third kappa shape index (κ3) is 7.92. The number of aliphatic imine (C=N–C) groups is 1. The SMILES string of the molecule is CCC(C)NC(=NCC(=O)N(C)C)NCCCc1c(C)nn(C)c1C.I. The fourth-order valence-corrected chi connectivity index (χ4v) is 2.43. The van der Waals surface area contributed by atoms with Gasteiger partial charge in [-0.05, 0) is 45.6 Å². The maximum atomic E-state index is 11.7. The third-order valence-electron chi connectivity index (χ3n) is 4.42. The summed E-state index contributed by atoms with van der Waals surface area (Å²) in [6.07, 6.45) is 2.96. The van der Waals surface area contributed by atoms with Gasteiger partial charge < -0.3 is 15.5 Å². The zero-order valence-electron chi connectivity index (χ0n) is 17.2. The zero-order valence-corrected chi connectivity index (χ0v) is 19.5. The van der Waals surface area contributed by atoms with Crippen molar-refractivity contribution in [3.8, 4) is 0 Å². The number of carbonyl (C=O) groups is 1. The molecule has 0 aliphatic rings. The maximum Gasteiger partial charge on any atom is 0.243 e. The van der Waals surface area contributed by atoms with Crippen LogP contribution in [0.25, 0.3) is 0 Å². The average molecular weight is 478 g/mol. The minimum absolute atomic E-state index is 0. The van der Waals surface area contributed by atoms with Crippen molar-refractivity contribution in [3.63, 3.8) is 0 Å². The van der Waals surface area contributed by atoms with Crippen LogP contribution in [0.5, 0.6) is 0 Å². The van der Waals surface area contributed by atoms with E-state index in [1.807, 2.05) is 11.7 Å². The van der Waals surface area contributed by atoms with Crippen LogP contribution in [0.1, 0.15) is 43.6 Å². The number of guanidine groups is 1. The summed E-state index contributed by atoms with van der Waals surface area (Å²) in [7, 11) is 5.46. The van der Waals surface area contributed by atoms with Gasteiger partial charge in [-0.3, -0.25) is 9.48 Å². The van der Waals surface area contributed by atoms with Crippen LogP contribution >= 0.6 is 24.0 Å². The van der Waals surface area contributed by atoms with E-state index in [0.29, 0.717) is 12.0 Å². The van der Waals surface area contributed by atoms with Gasteiger partial charge in [0, 0.05) is 39.4 Å². The number of hydrogen-bond donors (Lipinski definition) is 2. The van der Waals surface area contributed by atoms with Crippen LogP contribution in [0.15, 0.2) is 4.99 Å². The van der Waals surface area contributed by atoms with E-state index in [2.05, 4.69) is 48.4 Å². The van der Waals surface area contributed by atoms with Crippen LogP contribution in [-0.2, 0) is 18.3 Å². The third-order valence-corrected chi connectivity index (χ3v) is 4.42. The Labute approximate surface area is 175 Å². The number of aryl methyl sites for hydroxylation is 2. The van der Waals surface area contributed by atoms with Gasteiger partial charge in [0.2, 0.25) is 5.91 Å². The number of likely N-dealkylation sites (N-methyl/N-ethyl adjacent to an activating group) is 1. The van der Waals surface area contributed by atoms with Crippen molar-refractivity contribution in [1.29, 1.82) is 0 Å². The maximum absolute atomic E-state index is 11.7. The molecule has 1 rings (SSSR count). The fourth-order valence-electron chi connectivity index (χ4n) is 2.43. The summed E-state index contributed by atoms with van der Waals surface area (Å²) >= 11 is 0. The molecule has 1 unspecified atom stereocenters. The second-order valence-electron chi connectivity index (χ2n) is 6.71. The van der Waals surface area contributed by atoms with Crippen molar-refractivity contribution in [2.45, 2.75) is 53.0 Å². The Balaban J connectivity index is 0.00000625. The summed E-state index contributed by atoms with van der Waals surface area (Å²) in [6, 6.07) is 0.309. The molecule has 26 heavy (non-hydrogen) atoms. The van der Waals surface area contributed by atoms with Gasteiger partial charge >= 0.3 is 0 Å². The lowest BCUT2D eigenvalue weighted by atomic mass is 10.1. The molecule has 1 aromatic rings. The molecule has 1 heterocycles. The lowest BCUT2D eigenvalue weighted by Gasteiger charge is -2.17. The van der Waals surface area contributed by atoms with Gasteiger partial charge in [0.15, 0.2) is 5.96 Å². The van der Waals surface area contributed by atoms with Gasteiger partial charge in [0.05, 0.1) is 5.69 Å². The number of amides is 1. The monoisotopic (exact) mass is 478 g/mol. The normalized spacial score (nSPS) is 12.3. The van der Waals surface area contributed by atoms with Crippen LogP contribution in [0.2, 0.25) is 0 Å². The Bertz CT molecular complexity index is 597. The van der Waals surface area contributed by atoms with Crippen molar-refractivity contribution in [3.05, 3.63) is 17.0 Å². The van der Waals surface area contributed by atoms with Gasteiger partial charge in [-0.2, -0.15) is 5.10 Å². The first kappa shape index (κ1) is 24.7. The van der Waals surface area contributed by atoms with E-state index in [-0.39, 0.29) is 36.4 Å². The molecular formula is C18H35IN6O. The minimum Gasteiger partial charge on any atom is -0.356 e. The first-order valence-electron chi connectivity index (χ1n) is 9.00. The van der Waals surface area contributed by atoms with Crippen molar-refractivity contribution < 1.29 is 4.79 Å². The van der Waals surface area contributed by atoms with Crippen LogP contribution in [0, 0.1) is 13.8 Å². The average Bonchev–Trinajstić information content (AvgIpc) is 2.81. The molecule has 0 spiro atoms. The highest BCUT2D eigenvalue weighted by atomic mass is 127. The van der Waals surface area contributed by atoms with Crippen molar-refractivity contribution >= 4 is 35.8 Å². The number of nitrogens with one attached hydrogen (secondary N) is 2. The van der Waals surface area contributed by atoms with Crippen LogP contribution in [0.3, 0.4) is 0 Å². The number of aromatic nitrogens is 2.